The van der Waals surface area contributed by atoms with Crippen molar-refractivity contribution >= 4 is 12.0 Å². The first-order valence-electron chi connectivity index (χ1n) is 6.64. The lowest BCUT2D eigenvalue weighted by Crippen LogP contribution is -2.59. The highest BCUT2D eigenvalue weighted by atomic mass is 16.6. The van der Waals surface area contributed by atoms with Crippen LogP contribution in [-0.4, -0.2) is 53.1 Å². The van der Waals surface area contributed by atoms with Crippen molar-refractivity contribution in [3.63, 3.8) is 0 Å². The van der Waals surface area contributed by atoms with Crippen LogP contribution in [0.4, 0.5) is 4.79 Å². The van der Waals surface area contributed by atoms with Crippen LogP contribution >= 0.6 is 0 Å². The van der Waals surface area contributed by atoms with Gasteiger partial charge in [0.05, 0.1) is 0 Å². The lowest BCUT2D eigenvalue weighted by atomic mass is 9.99. The molecule has 5 nitrogen and oxygen atoms in total. The molecule has 1 unspecified atom stereocenters. The minimum atomic E-state index is -0.510. The van der Waals surface area contributed by atoms with E-state index in [1.807, 2.05) is 25.7 Å². The van der Waals surface area contributed by atoms with Crippen LogP contribution in [0.15, 0.2) is 0 Å². The zero-order chi connectivity index (χ0) is 13.3. The molecule has 0 saturated carbocycles. The molecular weight excluding hydrogens is 232 g/mol. The Morgan fingerprint density at radius 1 is 1.33 bits per heavy atom. The molecule has 0 aromatic heterocycles. The van der Waals surface area contributed by atoms with Gasteiger partial charge in [-0.15, -0.1) is 0 Å². The van der Waals surface area contributed by atoms with E-state index in [9.17, 15) is 9.59 Å². The first kappa shape index (κ1) is 13.2. The van der Waals surface area contributed by atoms with E-state index in [4.69, 9.17) is 4.74 Å². The SMILES string of the molecule is CC(C)(C)OC(=O)N1CC(=O)N2CCCCC2C1. The Kier molecular flexibility index (Phi) is 3.50. The van der Waals surface area contributed by atoms with E-state index in [0.717, 1.165) is 25.8 Å². The molecule has 2 heterocycles. The Balaban J connectivity index is 1.99. The average molecular weight is 254 g/mol. The summed E-state index contributed by atoms with van der Waals surface area (Å²) in [5.74, 6) is 0.0526. The van der Waals surface area contributed by atoms with Crippen LogP contribution in [0.2, 0.25) is 0 Å². The third-order valence-electron chi connectivity index (χ3n) is 3.36. The lowest BCUT2D eigenvalue weighted by molar-refractivity contribution is -0.141. The van der Waals surface area contributed by atoms with Gasteiger partial charge >= 0.3 is 6.09 Å². The number of ether oxygens (including phenoxy) is 1. The van der Waals surface area contributed by atoms with Gasteiger partial charge in [-0.2, -0.15) is 0 Å². The highest BCUT2D eigenvalue weighted by Crippen LogP contribution is 2.23. The Hall–Kier alpha value is -1.26. The Labute approximate surface area is 108 Å². The summed E-state index contributed by atoms with van der Waals surface area (Å²) in [6.45, 7) is 7.12. The fourth-order valence-corrected chi connectivity index (χ4v) is 2.56. The van der Waals surface area contributed by atoms with Crippen molar-refractivity contribution in [2.45, 2.75) is 51.7 Å². The minimum absolute atomic E-state index is 0.0526. The Morgan fingerprint density at radius 2 is 2.06 bits per heavy atom. The van der Waals surface area contributed by atoms with Crippen molar-refractivity contribution < 1.29 is 14.3 Å². The van der Waals surface area contributed by atoms with E-state index < -0.39 is 5.60 Å². The molecule has 0 aromatic rings. The van der Waals surface area contributed by atoms with Crippen molar-refractivity contribution in [1.82, 2.24) is 9.80 Å². The number of hydrogen-bond donors (Lipinski definition) is 0. The number of nitrogens with zero attached hydrogens (tertiary/aromatic N) is 2. The maximum Gasteiger partial charge on any atom is 0.410 e. The molecule has 0 spiro atoms. The molecule has 2 aliphatic heterocycles. The van der Waals surface area contributed by atoms with Crippen LogP contribution in [0, 0.1) is 0 Å². The van der Waals surface area contributed by atoms with Crippen molar-refractivity contribution in [3.8, 4) is 0 Å². The number of carbonyl (C=O) groups is 2. The molecule has 2 rings (SSSR count). The monoisotopic (exact) mass is 254 g/mol. The van der Waals surface area contributed by atoms with E-state index in [2.05, 4.69) is 0 Å². The zero-order valence-corrected chi connectivity index (χ0v) is 11.4. The highest BCUT2D eigenvalue weighted by molar-refractivity contribution is 5.84. The van der Waals surface area contributed by atoms with E-state index >= 15 is 0 Å². The van der Waals surface area contributed by atoms with Gasteiger partial charge in [0, 0.05) is 19.1 Å². The maximum absolute atomic E-state index is 12.0. The van der Waals surface area contributed by atoms with Crippen molar-refractivity contribution in [2.24, 2.45) is 0 Å². The molecule has 2 fully saturated rings. The van der Waals surface area contributed by atoms with Crippen LogP contribution in [-0.2, 0) is 9.53 Å². The molecule has 0 radical (unpaired) electrons. The molecule has 18 heavy (non-hydrogen) atoms. The van der Waals surface area contributed by atoms with Crippen LogP contribution in [0.3, 0.4) is 0 Å². The van der Waals surface area contributed by atoms with E-state index in [0.29, 0.717) is 6.54 Å². The van der Waals surface area contributed by atoms with E-state index in [1.165, 1.54) is 0 Å². The second kappa shape index (κ2) is 4.78. The summed E-state index contributed by atoms with van der Waals surface area (Å²) >= 11 is 0. The van der Waals surface area contributed by atoms with Crippen molar-refractivity contribution in [3.05, 3.63) is 0 Å². The summed E-state index contributed by atoms with van der Waals surface area (Å²) in [5.41, 5.74) is -0.510. The van der Waals surface area contributed by atoms with Crippen LogP contribution in [0.1, 0.15) is 40.0 Å². The number of amides is 2. The molecule has 5 heteroatoms. The Bertz CT molecular complexity index is 349. The third kappa shape index (κ3) is 2.94. The van der Waals surface area contributed by atoms with Crippen LogP contribution < -0.4 is 0 Å². The lowest BCUT2D eigenvalue weighted by Gasteiger charge is -2.43. The molecule has 2 aliphatic rings. The number of carbonyl (C=O) groups excluding carboxylic acids is 2. The minimum Gasteiger partial charge on any atom is -0.444 e. The summed E-state index contributed by atoms with van der Waals surface area (Å²) in [4.78, 5) is 27.4. The molecular formula is C13H22N2O3. The molecule has 2 amide bonds. The molecule has 0 aromatic carbocycles. The van der Waals surface area contributed by atoms with Crippen LogP contribution in [0.5, 0.6) is 0 Å². The molecule has 0 aliphatic carbocycles. The number of fused-ring (bicyclic) bond motifs is 1. The van der Waals surface area contributed by atoms with E-state index in [-0.39, 0.29) is 24.6 Å². The van der Waals surface area contributed by atoms with Gasteiger partial charge in [0.2, 0.25) is 5.91 Å². The topological polar surface area (TPSA) is 49.9 Å². The van der Waals surface area contributed by atoms with Crippen LogP contribution in [0.25, 0.3) is 0 Å². The second-order valence-corrected chi connectivity index (χ2v) is 6.10. The summed E-state index contributed by atoms with van der Waals surface area (Å²) in [7, 11) is 0. The fraction of sp³-hybridized carbons (Fsp3) is 0.846. The first-order chi connectivity index (χ1) is 8.37. The predicted octanol–water partition coefficient (Wildman–Crippen LogP) is 1.62. The first-order valence-corrected chi connectivity index (χ1v) is 6.64. The van der Waals surface area contributed by atoms with E-state index in [1.54, 1.807) is 4.90 Å². The van der Waals surface area contributed by atoms with Gasteiger partial charge in [-0.3, -0.25) is 9.69 Å². The van der Waals surface area contributed by atoms with Gasteiger partial charge in [-0.1, -0.05) is 0 Å². The summed E-state index contributed by atoms with van der Waals surface area (Å²) in [6, 6.07) is 0.188. The van der Waals surface area contributed by atoms with Gasteiger partial charge in [-0.05, 0) is 40.0 Å². The highest BCUT2D eigenvalue weighted by Gasteiger charge is 2.37. The van der Waals surface area contributed by atoms with Gasteiger partial charge in [0.25, 0.3) is 0 Å². The fourth-order valence-electron chi connectivity index (χ4n) is 2.56. The predicted molar refractivity (Wildman–Crippen MR) is 67.2 cm³/mol. The van der Waals surface area contributed by atoms with Gasteiger partial charge in [0.1, 0.15) is 12.1 Å². The third-order valence-corrected chi connectivity index (χ3v) is 3.36. The second-order valence-electron chi connectivity index (χ2n) is 6.10. The smallest absolute Gasteiger partial charge is 0.410 e. The molecule has 2 saturated heterocycles. The number of rotatable bonds is 0. The quantitative estimate of drug-likeness (QED) is 0.660. The largest absolute Gasteiger partial charge is 0.444 e. The number of piperidine rings is 1. The molecule has 0 bridgehead atoms. The molecule has 1 atom stereocenters. The summed E-state index contributed by atoms with van der Waals surface area (Å²) in [5, 5.41) is 0. The summed E-state index contributed by atoms with van der Waals surface area (Å²) in [6.07, 6.45) is 2.83. The van der Waals surface area contributed by atoms with Crippen molar-refractivity contribution in [2.75, 3.05) is 19.6 Å². The van der Waals surface area contributed by atoms with Gasteiger partial charge < -0.3 is 9.64 Å². The normalized spacial score (nSPS) is 24.8. The number of hydrogen-bond acceptors (Lipinski definition) is 3. The Morgan fingerprint density at radius 3 is 2.72 bits per heavy atom. The maximum atomic E-state index is 12.0. The standard InChI is InChI=1S/C13H22N2O3/c1-13(2,3)18-12(17)14-8-10-6-4-5-7-15(10)11(16)9-14/h10H,4-9H2,1-3H3. The number of piperazine rings is 1. The molecule has 102 valence electrons. The van der Waals surface area contributed by atoms with Gasteiger partial charge in [0.15, 0.2) is 0 Å². The zero-order valence-electron chi connectivity index (χ0n) is 11.4. The van der Waals surface area contributed by atoms with Gasteiger partial charge in [-0.25, -0.2) is 4.79 Å². The van der Waals surface area contributed by atoms with Crippen molar-refractivity contribution in [1.29, 1.82) is 0 Å². The summed E-state index contributed by atoms with van der Waals surface area (Å²) < 4.78 is 5.32. The average Bonchev–Trinajstić information content (AvgIpc) is 2.26. The molecule has 0 N–H and O–H groups in total.